The molecule has 4 aliphatic carbocycles. The zero-order valence-electron chi connectivity index (χ0n) is 17.4. The van der Waals surface area contributed by atoms with E-state index in [1.54, 1.807) is 23.1 Å². The van der Waals surface area contributed by atoms with E-state index in [0.717, 1.165) is 46.3 Å². The number of hydrogen-bond donors (Lipinski definition) is 0. The Kier molecular flexibility index (Phi) is 5.23. The topological polar surface area (TPSA) is 33.2 Å². The van der Waals surface area contributed by atoms with E-state index in [0.29, 0.717) is 5.41 Å². The summed E-state index contributed by atoms with van der Waals surface area (Å²) in [5.41, 5.74) is 2.35. The molecule has 1 heterocycles. The predicted molar refractivity (Wildman–Crippen MR) is 120 cm³/mol. The van der Waals surface area contributed by atoms with Crippen molar-refractivity contribution in [3.63, 3.8) is 0 Å². The first-order valence-corrected chi connectivity index (χ1v) is 12.7. The molecule has 4 aliphatic rings. The van der Waals surface area contributed by atoms with Gasteiger partial charge < -0.3 is 4.90 Å². The molecule has 0 unspecified atom stereocenters. The lowest BCUT2D eigenvalue weighted by atomic mass is 9.49. The van der Waals surface area contributed by atoms with E-state index in [2.05, 4.69) is 22.5 Å². The maximum atomic E-state index is 13.1. The maximum Gasteiger partial charge on any atom is 0.253 e. The van der Waals surface area contributed by atoms with Gasteiger partial charge >= 0.3 is 0 Å². The van der Waals surface area contributed by atoms with Gasteiger partial charge in [-0.25, -0.2) is 4.98 Å². The number of aromatic nitrogens is 1. The van der Waals surface area contributed by atoms with Crippen molar-refractivity contribution in [1.29, 1.82) is 0 Å². The molecule has 4 fully saturated rings. The Hall–Kier alpha value is -1.33. The van der Waals surface area contributed by atoms with Gasteiger partial charge in [-0.05, 0) is 92.9 Å². The average Bonchev–Trinajstić information content (AvgIpc) is 3.10. The van der Waals surface area contributed by atoms with Gasteiger partial charge in [0.1, 0.15) is 0 Å². The summed E-state index contributed by atoms with van der Waals surface area (Å²) < 4.78 is 0. The largest absolute Gasteiger partial charge is 0.341 e. The highest BCUT2D eigenvalue weighted by atomic mass is 32.2. The average molecular weight is 427 g/mol. The summed E-state index contributed by atoms with van der Waals surface area (Å²) in [6.07, 6.45) is 8.41. The number of nitrogens with zero attached hydrogens (tertiary/aromatic N) is 2. The van der Waals surface area contributed by atoms with Crippen LogP contribution in [0, 0.1) is 30.1 Å². The SMILES string of the molecule is Cc1nc(CSc2ccc(C(=O)N(C)CC34CC5CC(CC(C5)C3)C4)cc2)cs1. The Morgan fingerprint density at radius 3 is 2.31 bits per heavy atom. The van der Waals surface area contributed by atoms with E-state index in [1.165, 1.54) is 43.4 Å². The fraction of sp³-hybridized carbons (Fsp3) is 0.583. The molecule has 0 aliphatic heterocycles. The van der Waals surface area contributed by atoms with Crippen molar-refractivity contribution in [3.8, 4) is 0 Å². The van der Waals surface area contributed by atoms with Crippen LogP contribution in [0.4, 0.5) is 0 Å². The summed E-state index contributed by atoms with van der Waals surface area (Å²) >= 11 is 3.48. The minimum absolute atomic E-state index is 0.174. The standard InChI is InChI=1S/C24H30N2OS2/c1-16-25-21(13-28-16)14-29-22-5-3-20(4-6-22)23(27)26(2)15-24-10-17-7-18(11-24)9-19(8-17)12-24/h3-6,13,17-19H,7-12,14-15H2,1-2H3. The van der Waals surface area contributed by atoms with E-state index in [-0.39, 0.29) is 5.91 Å². The Morgan fingerprint density at radius 2 is 1.76 bits per heavy atom. The molecule has 1 aromatic carbocycles. The van der Waals surface area contributed by atoms with Crippen LogP contribution in [0.5, 0.6) is 0 Å². The number of carbonyl (C=O) groups is 1. The van der Waals surface area contributed by atoms with E-state index < -0.39 is 0 Å². The summed E-state index contributed by atoms with van der Waals surface area (Å²) in [5, 5.41) is 3.24. The quantitative estimate of drug-likeness (QED) is 0.529. The number of hydrogen-bond acceptors (Lipinski definition) is 4. The van der Waals surface area contributed by atoms with Crippen LogP contribution in [0.1, 0.15) is 59.6 Å². The highest BCUT2D eigenvalue weighted by Gasteiger charge is 2.51. The van der Waals surface area contributed by atoms with Gasteiger partial charge in [-0.1, -0.05) is 0 Å². The molecular formula is C24H30N2OS2. The smallest absolute Gasteiger partial charge is 0.253 e. The molecule has 1 amide bonds. The number of thiazole rings is 1. The van der Waals surface area contributed by atoms with Crippen molar-refractivity contribution >= 4 is 29.0 Å². The van der Waals surface area contributed by atoms with Gasteiger partial charge in [-0.2, -0.15) is 0 Å². The van der Waals surface area contributed by atoms with Gasteiger partial charge in [-0.15, -0.1) is 23.1 Å². The summed E-state index contributed by atoms with van der Waals surface area (Å²) in [6, 6.07) is 8.14. The third kappa shape index (κ3) is 4.13. The first kappa shape index (κ1) is 19.6. The second-order valence-electron chi connectivity index (χ2n) is 9.75. The van der Waals surface area contributed by atoms with Crippen LogP contribution in [0.3, 0.4) is 0 Å². The molecule has 0 spiro atoms. The minimum Gasteiger partial charge on any atom is -0.341 e. The molecule has 0 radical (unpaired) electrons. The normalized spacial score (nSPS) is 29.9. The van der Waals surface area contributed by atoms with Crippen molar-refractivity contribution in [2.24, 2.45) is 23.2 Å². The predicted octanol–water partition coefficient (Wildman–Crippen LogP) is 6.03. The molecule has 1 aromatic heterocycles. The molecule has 154 valence electrons. The molecule has 29 heavy (non-hydrogen) atoms. The van der Waals surface area contributed by atoms with Crippen LogP contribution >= 0.6 is 23.1 Å². The lowest BCUT2D eigenvalue weighted by Crippen LogP contribution is -2.51. The number of rotatable bonds is 6. The fourth-order valence-electron chi connectivity index (χ4n) is 6.60. The van der Waals surface area contributed by atoms with E-state index in [1.807, 2.05) is 31.0 Å². The number of amides is 1. The molecule has 4 saturated carbocycles. The van der Waals surface area contributed by atoms with Gasteiger partial charge in [0.15, 0.2) is 0 Å². The number of thioether (sulfide) groups is 1. The van der Waals surface area contributed by atoms with Crippen LogP contribution in [0.25, 0.3) is 0 Å². The summed E-state index contributed by atoms with van der Waals surface area (Å²) in [4.78, 5) is 20.8. The van der Waals surface area contributed by atoms with Crippen LogP contribution in [0.15, 0.2) is 34.5 Å². The van der Waals surface area contributed by atoms with Crippen molar-refractivity contribution in [2.45, 2.75) is 56.1 Å². The molecule has 3 nitrogen and oxygen atoms in total. The molecule has 0 N–H and O–H groups in total. The van der Waals surface area contributed by atoms with Crippen LogP contribution in [-0.2, 0) is 5.75 Å². The lowest BCUT2D eigenvalue weighted by Gasteiger charge is -2.57. The molecule has 5 heteroatoms. The monoisotopic (exact) mass is 426 g/mol. The van der Waals surface area contributed by atoms with Gasteiger partial charge in [-0.3, -0.25) is 4.79 Å². The minimum atomic E-state index is 0.174. The number of aryl methyl sites for hydroxylation is 1. The van der Waals surface area contributed by atoms with Gasteiger partial charge in [0, 0.05) is 35.2 Å². The van der Waals surface area contributed by atoms with Gasteiger partial charge in [0.25, 0.3) is 5.91 Å². The Labute approximate surface area is 182 Å². The van der Waals surface area contributed by atoms with Crippen molar-refractivity contribution in [1.82, 2.24) is 9.88 Å². The molecule has 0 saturated heterocycles. The zero-order chi connectivity index (χ0) is 20.0. The lowest BCUT2D eigenvalue weighted by molar-refractivity contribution is -0.0629. The third-order valence-electron chi connectivity index (χ3n) is 7.24. The molecule has 4 bridgehead atoms. The fourth-order valence-corrected chi connectivity index (χ4v) is 8.11. The molecule has 2 aromatic rings. The van der Waals surface area contributed by atoms with Crippen molar-refractivity contribution in [3.05, 3.63) is 45.9 Å². The third-order valence-corrected chi connectivity index (χ3v) is 9.11. The van der Waals surface area contributed by atoms with Gasteiger partial charge in [0.05, 0.1) is 10.7 Å². The summed E-state index contributed by atoms with van der Waals surface area (Å²) in [6.45, 7) is 2.98. The van der Waals surface area contributed by atoms with Gasteiger partial charge in [0.2, 0.25) is 0 Å². The molecular weight excluding hydrogens is 396 g/mol. The number of benzene rings is 1. The summed E-state index contributed by atoms with van der Waals surface area (Å²) in [7, 11) is 2.01. The maximum absolute atomic E-state index is 13.1. The first-order valence-electron chi connectivity index (χ1n) is 10.9. The first-order chi connectivity index (χ1) is 14.0. The Balaban J connectivity index is 1.20. The van der Waals surface area contributed by atoms with E-state index >= 15 is 0 Å². The highest BCUT2D eigenvalue weighted by Crippen LogP contribution is 2.60. The van der Waals surface area contributed by atoms with E-state index in [9.17, 15) is 4.79 Å². The molecule has 0 atom stereocenters. The second-order valence-corrected chi connectivity index (χ2v) is 11.9. The van der Waals surface area contributed by atoms with Crippen LogP contribution in [0.2, 0.25) is 0 Å². The van der Waals surface area contributed by atoms with E-state index in [4.69, 9.17) is 0 Å². The summed E-state index contributed by atoms with van der Waals surface area (Å²) in [5.74, 6) is 3.85. The van der Waals surface area contributed by atoms with Crippen molar-refractivity contribution in [2.75, 3.05) is 13.6 Å². The van der Waals surface area contributed by atoms with Crippen LogP contribution < -0.4 is 0 Å². The Morgan fingerprint density at radius 1 is 1.14 bits per heavy atom. The van der Waals surface area contributed by atoms with Crippen molar-refractivity contribution < 1.29 is 4.79 Å². The Bertz CT molecular complexity index is 853. The van der Waals surface area contributed by atoms with Crippen LogP contribution in [-0.4, -0.2) is 29.4 Å². The number of carbonyl (C=O) groups excluding carboxylic acids is 1. The zero-order valence-corrected chi connectivity index (χ0v) is 19.0. The highest BCUT2D eigenvalue weighted by molar-refractivity contribution is 7.98. The second kappa shape index (κ2) is 7.73. The molecule has 6 rings (SSSR count).